The van der Waals surface area contributed by atoms with Crippen LogP contribution in [0.1, 0.15) is 19.4 Å². The van der Waals surface area contributed by atoms with Gasteiger partial charge in [0.25, 0.3) is 0 Å². The Kier molecular flexibility index (Phi) is 4.53. The third kappa shape index (κ3) is 4.08. The van der Waals surface area contributed by atoms with Crippen molar-refractivity contribution < 1.29 is 17.6 Å². The Morgan fingerprint density at radius 3 is 2.28 bits per heavy atom. The number of thioether (sulfide) groups is 1. The van der Waals surface area contributed by atoms with Crippen molar-refractivity contribution in [1.82, 2.24) is 0 Å². The van der Waals surface area contributed by atoms with Crippen molar-refractivity contribution in [3.63, 3.8) is 0 Å². The average molecular weight is 281 g/mol. The van der Waals surface area contributed by atoms with E-state index in [4.69, 9.17) is 0 Å². The number of alkyl halides is 3. The maximum atomic E-state index is 13.5. The Labute approximate surface area is 108 Å². The van der Waals surface area contributed by atoms with Gasteiger partial charge in [-0.15, -0.1) is 0 Å². The van der Waals surface area contributed by atoms with Crippen LogP contribution in [-0.4, -0.2) is 17.5 Å². The minimum atomic E-state index is -4.52. The summed E-state index contributed by atoms with van der Waals surface area (Å²) in [7, 11) is 0. The minimum Gasteiger partial charge on any atom is -0.381 e. The lowest BCUT2D eigenvalue weighted by atomic mass is 10.1. The molecule has 0 fully saturated rings. The predicted molar refractivity (Wildman–Crippen MR) is 67.5 cm³/mol. The Bertz CT molecular complexity index is 415. The normalized spacial score (nSPS) is 12.6. The Hall–Kier alpha value is -0.910. The summed E-state index contributed by atoms with van der Waals surface area (Å²) < 4.78 is 50.4. The molecule has 0 saturated heterocycles. The fourth-order valence-corrected chi connectivity index (χ4v) is 1.43. The first-order valence-electron chi connectivity index (χ1n) is 5.31. The number of rotatable bonds is 4. The molecule has 102 valence electrons. The Morgan fingerprint density at radius 2 is 1.83 bits per heavy atom. The quantitative estimate of drug-likeness (QED) is 0.821. The van der Waals surface area contributed by atoms with E-state index in [1.807, 2.05) is 20.1 Å². The van der Waals surface area contributed by atoms with Crippen LogP contribution in [0, 0.1) is 5.82 Å². The molecular weight excluding hydrogens is 266 g/mol. The van der Waals surface area contributed by atoms with E-state index in [1.54, 1.807) is 11.8 Å². The second kappa shape index (κ2) is 5.38. The molecule has 1 aromatic rings. The average Bonchev–Trinajstić information content (AvgIpc) is 2.26. The van der Waals surface area contributed by atoms with Crippen LogP contribution in [0.5, 0.6) is 0 Å². The topological polar surface area (TPSA) is 12.0 Å². The highest BCUT2D eigenvalue weighted by molar-refractivity contribution is 7.99. The van der Waals surface area contributed by atoms with E-state index in [0.717, 1.165) is 12.1 Å². The minimum absolute atomic E-state index is 0.0881. The zero-order valence-corrected chi connectivity index (χ0v) is 11.2. The highest BCUT2D eigenvalue weighted by atomic mass is 32.2. The van der Waals surface area contributed by atoms with E-state index in [1.165, 1.54) is 0 Å². The lowest BCUT2D eigenvalue weighted by molar-refractivity contribution is -0.137. The summed E-state index contributed by atoms with van der Waals surface area (Å²) >= 11 is 1.59. The third-order valence-electron chi connectivity index (χ3n) is 2.55. The molecule has 0 unspecified atom stereocenters. The van der Waals surface area contributed by atoms with Crippen LogP contribution >= 0.6 is 11.8 Å². The number of benzene rings is 1. The zero-order valence-electron chi connectivity index (χ0n) is 10.4. The van der Waals surface area contributed by atoms with E-state index < -0.39 is 17.6 Å². The van der Waals surface area contributed by atoms with Gasteiger partial charge >= 0.3 is 6.18 Å². The SMILES string of the molecule is CSC(C)(C)CNc1ccc(C(F)(F)F)cc1F. The third-order valence-corrected chi connectivity index (χ3v) is 3.80. The molecule has 1 rings (SSSR count). The van der Waals surface area contributed by atoms with Crippen LogP contribution in [0.15, 0.2) is 18.2 Å². The standard InChI is InChI=1S/C12H15F4NS/c1-11(2,18-3)7-17-10-5-4-8(6-9(10)13)12(14,15)16/h4-6,17H,7H2,1-3H3. The molecule has 0 aliphatic carbocycles. The van der Waals surface area contributed by atoms with Gasteiger partial charge in [-0.3, -0.25) is 0 Å². The van der Waals surface area contributed by atoms with Gasteiger partial charge in [0.05, 0.1) is 11.3 Å². The van der Waals surface area contributed by atoms with Crippen molar-refractivity contribution in [2.45, 2.75) is 24.8 Å². The summed E-state index contributed by atoms with van der Waals surface area (Å²) in [6, 6.07) is 2.50. The number of anilines is 1. The molecule has 0 aliphatic rings. The van der Waals surface area contributed by atoms with Crippen LogP contribution in [0.3, 0.4) is 0 Å². The Balaban J connectivity index is 2.81. The van der Waals surface area contributed by atoms with Crippen LogP contribution < -0.4 is 5.32 Å². The molecule has 1 nitrogen and oxygen atoms in total. The summed E-state index contributed by atoms with van der Waals surface area (Å²) in [4.78, 5) is 0. The van der Waals surface area contributed by atoms with Crippen LogP contribution in [0.25, 0.3) is 0 Å². The summed E-state index contributed by atoms with van der Waals surface area (Å²) in [5, 5.41) is 2.82. The first-order chi connectivity index (χ1) is 8.15. The van der Waals surface area contributed by atoms with Gasteiger partial charge in [0.2, 0.25) is 0 Å². The van der Waals surface area contributed by atoms with Gasteiger partial charge in [0.15, 0.2) is 0 Å². The molecule has 0 aromatic heterocycles. The second-order valence-corrected chi connectivity index (χ2v) is 6.02. The van der Waals surface area contributed by atoms with Gasteiger partial charge in [-0.2, -0.15) is 24.9 Å². The zero-order chi connectivity index (χ0) is 14.0. The lowest BCUT2D eigenvalue weighted by Crippen LogP contribution is -2.26. The second-order valence-electron chi connectivity index (χ2n) is 4.51. The van der Waals surface area contributed by atoms with E-state index in [0.29, 0.717) is 12.6 Å². The van der Waals surface area contributed by atoms with Crippen molar-refractivity contribution in [3.05, 3.63) is 29.6 Å². The van der Waals surface area contributed by atoms with Gasteiger partial charge in [-0.05, 0) is 38.3 Å². The van der Waals surface area contributed by atoms with Crippen molar-refractivity contribution in [3.8, 4) is 0 Å². The van der Waals surface area contributed by atoms with Crippen LogP contribution in [0.4, 0.5) is 23.2 Å². The largest absolute Gasteiger partial charge is 0.416 e. The summed E-state index contributed by atoms with van der Waals surface area (Å²) in [5.74, 6) is -0.887. The van der Waals surface area contributed by atoms with Crippen molar-refractivity contribution in [2.24, 2.45) is 0 Å². The highest BCUT2D eigenvalue weighted by Crippen LogP contribution is 2.31. The van der Waals surface area contributed by atoms with Crippen LogP contribution in [0.2, 0.25) is 0 Å². The molecule has 0 radical (unpaired) electrons. The van der Waals surface area contributed by atoms with E-state index in [9.17, 15) is 17.6 Å². The van der Waals surface area contributed by atoms with Crippen LogP contribution in [-0.2, 0) is 6.18 Å². The van der Waals surface area contributed by atoms with Crippen molar-refractivity contribution in [2.75, 3.05) is 18.1 Å². The molecule has 0 amide bonds. The lowest BCUT2D eigenvalue weighted by Gasteiger charge is -2.23. The van der Waals surface area contributed by atoms with Gasteiger partial charge in [-0.1, -0.05) is 0 Å². The summed E-state index contributed by atoms with van der Waals surface area (Å²) in [6.07, 6.45) is -2.59. The van der Waals surface area contributed by atoms with E-state index in [2.05, 4.69) is 5.32 Å². The first kappa shape index (κ1) is 15.1. The molecular formula is C12H15F4NS. The number of halogens is 4. The molecule has 0 saturated carbocycles. The molecule has 18 heavy (non-hydrogen) atoms. The monoisotopic (exact) mass is 281 g/mol. The molecule has 6 heteroatoms. The molecule has 0 bridgehead atoms. The van der Waals surface area contributed by atoms with E-state index in [-0.39, 0.29) is 10.4 Å². The summed E-state index contributed by atoms with van der Waals surface area (Å²) in [5.41, 5.74) is -0.889. The Morgan fingerprint density at radius 1 is 1.22 bits per heavy atom. The molecule has 0 heterocycles. The maximum absolute atomic E-state index is 13.5. The summed E-state index contributed by atoms with van der Waals surface area (Å²) in [6.45, 7) is 4.40. The van der Waals surface area contributed by atoms with Crippen molar-refractivity contribution >= 4 is 17.4 Å². The van der Waals surface area contributed by atoms with Gasteiger partial charge in [0, 0.05) is 11.3 Å². The maximum Gasteiger partial charge on any atom is 0.416 e. The number of hydrogen-bond donors (Lipinski definition) is 1. The number of nitrogens with one attached hydrogen (secondary N) is 1. The van der Waals surface area contributed by atoms with Gasteiger partial charge < -0.3 is 5.32 Å². The fourth-order valence-electron chi connectivity index (χ4n) is 1.22. The molecule has 1 N–H and O–H groups in total. The highest BCUT2D eigenvalue weighted by Gasteiger charge is 2.31. The van der Waals surface area contributed by atoms with E-state index >= 15 is 0 Å². The van der Waals surface area contributed by atoms with Gasteiger partial charge in [0.1, 0.15) is 5.82 Å². The smallest absolute Gasteiger partial charge is 0.381 e. The van der Waals surface area contributed by atoms with Crippen molar-refractivity contribution in [1.29, 1.82) is 0 Å². The first-order valence-corrected chi connectivity index (χ1v) is 6.54. The number of hydrogen-bond acceptors (Lipinski definition) is 2. The van der Waals surface area contributed by atoms with Gasteiger partial charge in [-0.25, -0.2) is 4.39 Å². The predicted octanol–water partition coefficient (Wildman–Crippen LogP) is 4.40. The molecule has 0 aliphatic heterocycles. The molecule has 0 atom stereocenters. The molecule has 1 aromatic carbocycles. The molecule has 0 spiro atoms. The fraction of sp³-hybridized carbons (Fsp3) is 0.500.